The standard InChI is InChI=1S/C19H14ClNO2/c1-13(22)23-18-8-4-6-15(19(18)20)10-12-16-11-9-14-5-2-3-7-17(14)21-16/h2-12H,1H3. The molecular formula is C19H14ClNO2. The van der Waals surface area contributed by atoms with Crippen LogP contribution in [0.5, 0.6) is 5.75 Å². The van der Waals surface area contributed by atoms with Gasteiger partial charge in [-0.15, -0.1) is 0 Å². The maximum atomic E-state index is 11.1. The SMILES string of the molecule is CC(=O)Oc1cccc(C=Cc2ccc3ccccc3n2)c1Cl. The first-order valence-electron chi connectivity index (χ1n) is 7.14. The molecular weight excluding hydrogens is 310 g/mol. The summed E-state index contributed by atoms with van der Waals surface area (Å²) < 4.78 is 5.07. The van der Waals surface area contributed by atoms with Crippen molar-refractivity contribution in [1.82, 2.24) is 4.98 Å². The summed E-state index contributed by atoms with van der Waals surface area (Å²) in [7, 11) is 0. The van der Waals surface area contributed by atoms with Crippen LogP contribution in [0.3, 0.4) is 0 Å². The average Bonchev–Trinajstić information content (AvgIpc) is 2.55. The smallest absolute Gasteiger partial charge is 0.308 e. The summed E-state index contributed by atoms with van der Waals surface area (Å²) in [5.74, 6) is -0.0444. The van der Waals surface area contributed by atoms with E-state index in [0.717, 1.165) is 22.2 Å². The fraction of sp³-hybridized carbons (Fsp3) is 0.0526. The molecule has 4 heteroatoms. The summed E-state index contributed by atoms with van der Waals surface area (Å²) >= 11 is 6.27. The first-order valence-corrected chi connectivity index (χ1v) is 7.52. The van der Waals surface area contributed by atoms with Gasteiger partial charge in [0.25, 0.3) is 0 Å². The molecule has 0 aliphatic carbocycles. The second-order valence-corrected chi connectivity index (χ2v) is 5.39. The van der Waals surface area contributed by atoms with Crippen molar-refractivity contribution in [1.29, 1.82) is 0 Å². The average molecular weight is 324 g/mol. The van der Waals surface area contributed by atoms with E-state index in [1.54, 1.807) is 12.1 Å². The molecule has 0 bridgehead atoms. The van der Waals surface area contributed by atoms with E-state index in [0.29, 0.717) is 10.8 Å². The number of aromatic nitrogens is 1. The zero-order chi connectivity index (χ0) is 16.2. The van der Waals surface area contributed by atoms with Crippen molar-refractivity contribution in [2.24, 2.45) is 0 Å². The number of esters is 1. The van der Waals surface area contributed by atoms with Gasteiger partial charge in [-0.05, 0) is 29.8 Å². The van der Waals surface area contributed by atoms with Crippen molar-refractivity contribution in [3.8, 4) is 5.75 Å². The van der Waals surface area contributed by atoms with Crippen molar-refractivity contribution >= 4 is 40.6 Å². The van der Waals surface area contributed by atoms with Gasteiger partial charge in [-0.2, -0.15) is 0 Å². The molecule has 0 saturated carbocycles. The zero-order valence-electron chi connectivity index (χ0n) is 12.5. The maximum absolute atomic E-state index is 11.1. The van der Waals surface area contributed by atoms with Gasteiger partial charge in [0, 0.05) is 12.3 Å². The van der Waals surface area contributed by atoms with E-state index in [1.807, 2.05) is 54.6 Å². The molecule has 2 aromatic carbocycles. The van der Waals surface area contributed by atoms with Crippen LogP contribution in [0.1, 0.15) is 18.2 Å². The van der Waals surface area contributed by atoms with Crippen molar-refractivity contribution in [2.75, 3.05) is 0 Å². The van der Waals surface area contributed by atoms with Gasteiger partial charge in [-0.3, -0.25) is 4.79 Å². The van der Waals surface area contributed by atoms with Crippen molar-refractivity contribution < 1.29 is 9.53 Å². The summed E-state index contributed by atoms with van der Waals surface area (Å²) in [6.07, 6.45) is 3.73. The van der Waals surface area contributed by atoms with E-state index in [9.17, 15) is 4.79 Å². The van der Waals surface area contributed by atoms with Gasteiger partial charge in [0.05, 0.1) is 16.2 Å². The van der Waals surface area contributed by atoms with Crippen LogP contribution in [0.2, 0.25) is 5.02 Å². The van der Waals surface area contributed by atoms with Crippen molar-refractivity contribution in [3.05, 3.63) is 70.9 Å². The Morgan fingerprint density at radius 2 is 1.87 bits per heavy atom. The second-order valence-electron chi connectivity index (χ2n) is 5.02. The Balaban J connectivity index is 1.90. The molecule has 3 aromatic rings. The van der Waals surface area contributed by atoms with Crippen LogP contribution in [-0.4, -0.2) is 11.0 Å². The molecule has 23 heavy (non-hydrogen) atoms. The van der Waals surface area contributed by atoms with Crippen LogP contribution in [0.4, 0.5) is 0 Å². The quantitative estimate of drug-likeness (QED) is 0.504. The topological polar surface area (TPSA) is 39.2 Å². The normalized spacial score (nSPS) is 11.0. The molecule has 0 unspecified atom stereocenters. The zero-order valence-corrected chi connectivity index (χ0v) is 13.2. The summed E-state index contributed by atoms with van der Waals surface area (Å²) in [5, 5.41) is 1.50. The number of benzene rings is 2. The highest BCUT2D eigenvalue weighted by Crippen LogP contribution is 2.29. The minimum Gasteiger partial charge on any atom is -0.425 e. The van der Waals surface area contributed by atoms with Crippen LogP contribution < -0.4 is 4.74 Å². The number of rotatable bonds is 3. The number of nitrogens with zero attached hydrogens (tertiary/aromatic N) is 1. The number of ether oxygens (including phenoxy) is 1. The van der Waals surface area contributed by atoms with Gasteiger partial charge in [0.1, 0.15) is 5.75 Å². The predicted molar refractivity (Wildman–Crippen MR) is 93.4 cm³/mol. The van der Waals surface area contributed by atoms with Gasteiger partial charge in [-0.25, -0.2) is 4.98 Å². The molecule has 0 amide bonds. The number of hydrogen-bond donors (Lipinski definition) is 0. The number of halogens is 1. The van der Waals surface area contributed by atoms with Gasteiger partial charge in [0.15, 0.2) is 0 Å². The molecule has 0 fully saturated rings. The molecule has 3 rings (SSSR count). The molecule has 0 radical (unpaired) electrons. The lowest BCUT2D eigenvalue weighted by Crippen LogP contribution is -2.02. The molecule has 1 heterocycles. The van der Waals surface area contributed by atoms with Crippen LogP contribution in [-0.2, 0) is 4.79 Å². The van der Waals surface area contributed by atoms with E-state index in [4.69, 9.17) is 16.3 Å². The molecule has 0 aliphatic rings. The molecule has 0 N–H and O–H groups in total. The van der Waals surface area contributed by atoms with Crippen molar-refractivity contribution in [2.45, 2.75) is 6.92 Å². The van der Waals surface area contributed by atoms with Gasteiger partial charge < -0.3 is 4.74 Å². The Morgan fingerprint density at radius 1 is 1.04 bits per heavy atom. The number of pyridine rings is 1. The Labute approximate surface area is 139 Å². The number of carbonyl (C=O) groups excluding carboxylic acids is 1. The first-order chi connectivity index (χ1) is 11.1. The van der Waals surface area contributed by atoms with Crippen LogP contribution in [0.15, 0.2) is 54.6 Å². The highest BCUT2D eigenvalue weighted by molar-refractivity contribution is 6.33. The van der Waals surface area contributed by atoms with E-state index in [2.05, 4.69) is 4.98 Å². The first kappa shape index (κ1) is 15.3. The maximum Gasteiger partial charge on any atom is 0.308 e. The fourth-order valence-corrected chi connectivity index (χ4v) is 2.47. The minimum atomic E-state index is -0.399. The Kier molecular flexibility index (Phi) is 4.40. The molecule has 0 atom stereocenters. The van der Waals surface area contributed by atoms with Gasteiger partial charge in [0.2, 0.25) is 0 Å². The van der Waals surface area contributed by atoms with E-state index in [-0.39, 0.29) is 0 Å². The number of fused-ring (bicyclic) bond motifs is 1. The van der Waals surface area contributed by atoms with Crippen LogP contribution >= 0.6 is 11.6 Å². The lowest BCUT2D eigenvalue weighted by molar-refractivity contribution is -0.131. The number of hydrogen-bond acceptors (Lipinski definition) is 3. The second kappa shape index (κ2) is 6.63. The number of carbonyl (C=O) groups is 1. The van der Waals surface area contributed by atoms with Gasteiger partial charge in [-0.1, -0.05) is 54.1 Å². The summed E-state index contributed by atoms with van der Waals surface area (Å²) in [5.41, 5.74) is 2.53. The van der Waals surface area contributed by atoms with E-state index in [1.165, 1.54) is 6.92 Å². The largest absolute Gasteiger partial charge is 0.425 e. The Morgan fingerprint density at radius 3 is 2.70 bits per heavy atom. The molecule has 0 spiro atoms. The predicted octanol–water partition coefficient (Wildman–Crippen LogP) is 4.98. The fourth-order valence-electron chi connectivity index (χ4n) is 2.24. The molecule has 1 aromatic heterocycles. The summed E-state index contributed by atoms with van der Waals surface area (Å²) in [6, 6.07) is 17.2. The third kappa shape index (κ3) is 3.58. The molecule has 0 aliphatic heterocycles. The lowest BCUT2D eigenvalue weighted by Gasteiger charge is -2.06. The highest BCUT2D eigenvalue weighted by atomic mass is 35.5. The summed E-state index contributed by atoms with van der Waals surface area (Å²) in [4.78, 5) is 15.6. The molecule has 3 nitrogen and oxygen atoms in total. The summed E-state index contributed by atoms with van der Waals surface area (Å²) in [6.45, 7) is 1.35. The van der Waals surface area contributed by atoms with E-state index >= 15 is 0 Å². The van der Waals surface area contributed by atoms with Crippen molar-refractivity contribution in [3.63, 3.8) is 0 Å². The number of para-hydroxylation sites is 1. The van der Waals surface area contributed by atoms with E-state index < -0.39 is 5.97 Å². The van der Waals surface area contributed by atoms with Crippen LogP contribution in [0.25, 0.3) is 23.1 Å². The monoisotopic (exact) mass is 323 g/mol. The highest BCUT2D eigenvalue weighted by Gasteiger charge is 2.07. The lowest BCUT2D eigenvalue weighted by atomic mass is 10.1. The third-order valence-electron chi connectivity index (χ3n) is 3.30. The minimum absolute atomic E-state index is 0.354. The third-order valence-corrected chi connectivity index (χ3v) is 3.70. The van der Waals surface area contributed by atoms with Crippen LogP contribution in [0, 0.1) is 0 Å². The molecule has 0 saturated heterocycles. The Bertz CT molecular complexity index is 903. The molecule has 114 valence electrons. The Hall–Kier alpha value is -2.65. The van der Waals surface area contributed by atoms with Gasteiger partial charge >= 0.3 is 5.97 Å².